The lowest BCUT2D eigenvalue weighted by Gasteiger charge is -2.04. The van der Waals surface area contributed by atoms with Gasteiger partial charge < -0.3 is 0 Å². The fraction of sp³-hybridized carbons (Fsp3) is 0.100. The van der Waals surface area contributed by atoms with E-state index in [9.17, 15) is 14.5 Å². The van der Waals surface area contributed by atoms with E-state index < -0.39 is 16.4 Å². The molecule has 0 saturated heterocycles. The fourth-order valence-electron chi connectivity index (χ4n) is 1.42. The summed E-state index contributed by atoms with van der Waals surface area (Å²) in [6.45, 7) is 1.63. The van der Waals surface area contributed by atoms with Crippen LogP contribution in [-0.4, -0.2) is 19.9 Å². The number of halogens is 1. The van der Waals surface area contributed by atoms with E-state index in [1.165, 1.54) is 12.7 Å². The second-order valence-corrected chi connectivity index (χ2v) is 3.34. The lowest BCUT2D eigenvalue weighted by atomic mass is 10.1. The molecule has 0 amide bonds. The van der Waals surface area contributed by atoms with E-state index in [1.807, 2.05) is 0 Å². The van der Waals surface area contributed by atoms with Gasteiger partial charge in [-0.1, -0.05) is 0 Å². The number of hydrogen-bond acceptors (Lipinski definition) is 5. The van der Waals surface area contributed by atoms with Crippen LogP contribution in [-0.2, 0) is 0 Å². The van der Waals surface area contributed by atoms with Crippen LogP contribution >= 0.6 is 0 Å². The summed E-state index contributed by atoms with van der Waals surface area (Å²) < 4.78 is 13.3. The molecule has 0 radical (unpaired) electrons. The van der Waals surface area contributed by atoms with Crippen LogP contribution in [0.2, 0.25) is 0 Å². The fourth-order valence-corrected chi connectivity index (χ4v) is 1.42. The van der Waals surface area contributed by atoms with Gasteiger partial charge in [-0.05, 0) is 18.6 Å². The molecule has 0 bridgehead atoms. The molecule has 0 aliphatic heterocycles. The number of aromatic nitrogens is 3. The Labute approximate surface area is 95.3 Å². The monoisotopic (exact) mass is 234 g/mol. The molecule has 1 aromatic carbocycles. The Morgan fingerprint density at radius 2 is 1.94 bits per heavy atom. The highest BCUT2D eigenvalue weighted by Crippen LogP contribution is 2.27. The van der Waals surface area contributed by atoms with Crippen LogP contribution in [0.1, 0.15) is 5.56 Å². The maximum absolute atomic E-state index is 13.3. The highest BCUT2D eigenvalue weighted by atomic mass is 19.1. The second kappa shape index (κ2) is 4.20. The molecule has 0 fully saturated rings. The van der Waals surface area contributed by atoms with Crippen molar-refractivity contribution in [2.75, 3.05) is 0 Å². The molecule has 7 heteroatoms. The van der Waals surface area contributed by atoms with E-state index in [4.69, 9.17) is 0 Å². The van der Waals surface area contributed by atoms with Crippen LogP contribution in [0.15, 0.2) is 24.8 Å². The topological polar surface area (TPSA) is 81.8 Å². The molecule has 0 saturated carbocycles. The summed E-state index contributed by atoms with van der Waals surface area (Å²) in [5, 5.41) is 10.6. The minimum atomic E-state index is -0.870. The smallest absolute Gasteiger partial charge is 0.258 e. The van der Waals surface area contributed by atoms with Crippen molar-refractivity contribution in [1.29, 1.82) is 0 Å². The molecular formula is C10H7FN4O2. The molecule has 2 aromatic rings. The van der Waals surface area contributed by atoms with Crippen LogP contribution in [0.5, 0.6) is 0 Å². The van der Waals surface area contributed by atoms with Crippen LogP contribution in [0, 0.1) is 22.9 Å². The van der Waals surface area contributed by atoms with E-state index in [1.54, 1.807) is 6.92 Å². The third-order valence-corrected chi connectivity index (χ3v) is 2.22. The van der Waals surface area contributed by atoms with Gasteiger partial charge in [0.25, 0.3) is 0 Å². The minimum absolute atomic E-state index is 0.278. The van der Waals surface area contributed by atoms with Crippen molar-refractivity contribution in [3.8, 4) is 11.4 Å². The number of aryl methyl sites for hydroxylation is 1. The van der Waals surface area contributed by atoms with Crippen molar-refractivity contribution in [1.82, 2.24) is 15.0 Å². The quantitative estimate of drug-likeness (QED) is 0.585. The van der Waals surface area contributed by atoms with Crippen molar-refractivity contribution in [2.45, 2.75) is 6.92 Å². The average Bonchev–Trinajstić information content (AvgIpc) is 2.29. The molecule has 0 atom stereocenters. The Bertz CT molecular complexity index is 574. The van der Waals surface area contributed by atoms with E-state index in [0.717, 1.165) is 12.1 Å². The number of hydrogen-bond donors (Lipinski definition) is 0. The van der Waals surface area contributed by atoms with Crippen molar-refractivity contribution in [3.63, 3.8) is 0 Å². The highest BCUT2D eigenvalue weighted by Gasteiger charge is 2.18. The molecular weight excluding hydrogens is 227 g/mol. The van der Waals surface area contributed by atoms with Gasteiger partial charge >= 0.3 is 5.69 Å². The first kappa shape index (κ1) is 11.1. The van der Waals surface area contributed by atoms with Crippen LogP contribution in [0.3, 0.4) is 0 Å². The molecule has 0 N–H and O–H groups in total. The number of nitro benzene ring substituents is 1. The van der Waals surface area contributed by atoms with Gasteiger partial charge in [0, 0.05) is 11.6 Å². The second-order valence-electron chi connectivity index (χ2n) is 3.34. The summed E-state index contributed by atoms with van der Waals surface area (Å²) in [4.78, 5) is 21.2. The Morgan fingerprint density at radius 3 is 2.53 bits per heavy atom. The lowest BCUT2D eigenvalue weighted by molar-refractivity contribution is -0.387. The van der Waals surface area contributed by atoms with Crippen molar-refractivity contribution < 1.29 is 9.31 Å². The van der Waals surface area contributed by atoms with E-state index in [-0.39, 0.29) is 5.82 Å². The molecule has 2 rings (SSSR count). The number of nitro groups is 1. The Morgan fingerprint density at radius 1 is 1.29 bits per heavy atom. The molecule has 86 valence electrons. The molecule has 1 heterocycles. The standard InChI is InChI=1S/C10H7FN4O2/c1-6-2-8(11)9(15(16)17)3-7(6)10-13-4-12-5-14-10/h2-5H,1H3. The van der Waals surface area contributed by atoms with Gasteiger partial charge in [-0.3, -0.25) is 10.1 Å². The van der Waals surface area contributed by atoms with Gasteiger partial charge in [0.2, 0.25) is 5.82 Å². The zero-order valence-electron chi connectivity index (χ0n) is 8.79. The summed E-state index contributed by atoms with van der Waals surface area (Å²) in [5.41, 5.74) is 0.353. The lowest BCUT2D eigenvalue weighted by Crippen LogP contribution is -1.97. The normalized spacial score (nSPS) is 10.2. The zero-order chi connectivity index (χ0) is 12.4. The Balaban J connectivity index is 2.63. The predicted octanol–water partition coefficient (Wildman–Crippen LogP) is 1.89. The largest absolute Gasteiger partial charge is 0.305 e. The first-order chi connectivity index (χ1) is 8.09. The third kappa shape index (κ3) is 2.07. The molecule has 0 unspecified atom stereocenters. The highest BCUT2D eigenvalue weighted by molar-refractivity contribution is 5.63. The SMILES string of the molecule is Cc1cc(F)c([N+](=O)[O-])cc1-c1ncncn1. The van der Waals surface area contributed by atoms with Gasteiger partial charge in [0.05, 0.1) is 4.92 Å². The van der Waals surface area contributed by atoms with Crippen molar-refractivity contribution in [3.05, 3.63) is 46.3 Å². The molecule has 0 aliphatic carbocycles. The molecule has 6 nitrogen and oxygen atoms in total. The molecule has 0 spiro atoms. The molecule has 17 heavy (non-hydrogen) atoms. The van der Waals surface area contributed by atoms with Crippen LogP contribution in [0.25, 0.3) is 11.4 Å². The average molecular weight is 234 g/mol. The molecule has 0 aliphatic rings. The summed E-state index contributed by atoms with van der Waals surface area (Å²) in [6, 6.07) is 2.22. The van der Waals surface area contributed by atoms with Crippen molar-refractivity contribution in [2.24, 2.45) is 0 Å². The van der Waals surface area contributed by atoms with Crippen LogP contribution in [0.4, 0.5) is 10.1 Å². The van der Waals surface area contributed by atoms with E-state index >= 15 is 0 Å². The van der Waals surface area contributed by atoms with E-state index in [2.05, 4.69) is 15.0 Å². The third-order valence-electron chi connectivity index (χ3n) is 2.22. The van der Waals surface area contributed by atoms with Crippen LogP contribution < -0.4 is 0 Å². The number of rotatable bonds is 2. The van der Waals surface area contributed by atoms with Gasteiger partial charge in [-0.25, -0.2) is 15.0 Å². The first-order valence-electron chi connectivity index (χ1n) is 4.66. The summed E-state index contributed by atoms with van der Waals surface area (Å²) in [6.07, 6.45) is 2.55. The maximum Gasteiger partial charge on any atom is 0.305 e. The number of nitrogens with zero attached hydrogens (tertiary/aromatic N) is 4. The first-order valence-corrected chi connectivity index (χ1v) is 4.66. The van der Waals surface area contributed by atoms with Gasteiger partial charge in [-0.2, -0.15) is 4.39 Å². The summed E-state index contributed by atoms with van der Waals surface area (Å²) in [5.74, 6) is -0.592. The van der Waals surface area contributed by atoms with Gasteiger partial charge in [-0.15, -0.1) is 0 Å². The van der Waals surface area contributed by atoms with Gasteiger partial charge in [0.15, 0.2) is 5.82 Å². The zero-order valence-corrected chi connectivity index (χ0v) is 8.79. The Kier molecular flexibility index (Phi) is 2.73. The minimum Gasteiger partial charge on any atom is -0.258 e. The van der Waals surface area contributed by atoms with Crippen molar-refractivity contribution >= 4 is 5.69 Å². The number of benzene rings is 1. The van der Waals surface area contributed by atoms with E-state index in [0.29, 0.717) is 11.1 Å². The van der Waals surface area contributed by atoms with Gasteiger partial charge in [0.1, 0.15) is 12.7 Å². The predicted molar refractivity (Wildman–Crippen MR) is 56.6 cm³/mol. The Hall–Kier alpha value is -2.44. The summed E-state index contributed by atoms with van der Waals surface area (Å²) >= 11 is 0. The maximum atomic E-state index is 13.3. The molecule has 1 aromatic heterocycles. The summed E-state index contributed by atoms with van der Waals surface area (Å²) in [7, 11) is 0.